The van der Waals surface area contributed by atoms with Crippen LogP contribution in [0.5, 0.6) is 5.75 Å². The van der Waals surface area contributed by atoms with Gasteiger partial charge in [0.2, 0.25) is 5.88 Å². The lowest BCUT2D eigenvalue weighted by Crippen LogP contribution is -2.20. The van der Waals surface area contributed by atoms with Crippen molar-refractivity contribution < 1.29 is 9.13 Å². The number of halogens is 1. The maximum absolute atomic E-state index is 13.5. The van der Waals surface area contributed by atoms with Crippen LogP contribution in [0.4, 0.5) is 4.39 Å². The highest BCUT2D eigenvalue weighted by Crippen LogP contribution is 2.41. The summed E-state index contributed by atoms with van der Waals surface area (Å²) in [6.07, 6.45) is 0.208. The van der Waals surface area contributed by atoms with Crippen LogP contribution in [-0.4, -0.2) is 0 Å². The molecule has 2 N–H and O–H groups in total. The highest BCUT2D eigenvalue weighted by molar-refractivity contribution is 5.51. The molecule has 0 spiro atoms. The van der Waals surface area contributed by atoms with E-state index in [9.17, 15) is 9.65 Å². The summed E-state index contributed by atoms with van der Waals surface area (Å²) >= 11 is 0. The molecule has 1 atom stereocenters. The van der Waals surface area contributed by atoms with Crippen LogP contribution in [-0.2, 0) is 0 Å². The molecule has 108 valence electrons. The molecule has 0 saturated heterocycles. The van der Waals surface area contributed by atoms with E-state index in [2.05, 4.69) is 0 Å². The Labute approximate surface area is 126 Å². The second-order valence-corrected chi connectivity index (χ2v) is 4.81. The molecule has 0 saturated carbocycles. The molecule has 5 nitrogen and oxygen atoms in total. The fourth-order valence-corrected chi connectivity index (χ4v) is 2.35. The maximum atomic E-state index is 13.5. The van der Waals surface area contributed by atoms with Gasteiger partial charge in [0.05, 0.1) is 5.57 Å². The van der Waals surface area contributed by atoms with E-state index in [1.54, 1.807) is 19.1 Å². The zero-order chi connectivity index (χ0) is 16.3. The Balaban J connectivity index is 2.56. The van der Waals surface area contributed by atoms with Crippen molar-refractivity contribution in [3.8, 4) is 24.0 Å². The quantitative estimate of drug-likeness (QED) is 0.844. The Morgan fingerprint density at radius 1 is 1.32 bits per heavy atom. The summed E-state index contributed by atoms with van der Waals surface area (Å²) in [7, 11) is 0. The normalized spacial score (nSPS) is 15.7. The number of hydrogen-bond donors (Lipinski definition) is 1. The first kappa shape index (κ1) is 15.1. The molecule has 0 bridgehead atoms. The van der Waals surface area contributed by atoms with Crippen LogP contribution in [0.2, 0.25) is 0 Å². The number of ether oxygens (including phenoxy) is 1. The molecule has 0 radical (unpaired) electrons. The van der Waals surface area contributed by atoms with Crippen LogP contribution in [0.1, 0.15) is 24.8 Å². The van der Waals surface area contributed by atoms with Crippen molar-refractivity contribution in [1.82, 2.24) is 0 Å². The zero-order valence-corrected chi connectivity index (χ0v) is 11.7. The van der Waals surface area contributed by atoms with Crippen LogP contribution < -0.4 is 10.5 Å². The van der Waals surface area contributed by atoms with E-state index in [0.717, 1.165) is 0 Å². The summed E-state index contributed by atoms with van der Waals surface area (Å²) in [6, 6.07) is 9.52. The summed E-state index contributed by atoms with van der Waals surface area (Å²) in [4.78, 5) is 0. The Bertz CT molecular complexity index is 802. The van der Waals surface area contributed by atoms with Gasteiger partial charge < -0.3 is 10.5 Å². The van der Waals surface area contributed by atoms with E-state index in [0.29, 0.717) is 16.9 Å². The summed E-state index contributed by atoms with van der Waals surface area (Å²) in [5.74, 6) is -0.699. The summed E-state index contributed by atoms with van der Waals surface area (Å²) in [5, 5.41) is 27.1. The van der Waals surface area contributed by atoms with Crippen LogP contribution in [0.3, 0.4) is 0 Å². The van der Waals surface area contributed by atoms with Gasteiger partial charge in [0.15, 0.2) is 0 Å². The topological polar surface area (TPSA) is 107 Å². The van der Waals surface area contributed by atoms with Gasteiger partial charge >= 0.3 is 0 Å². The van der Waals surface area contributed by atoms with Gasteiger partial charge in [-0.3, -0.25) is 0 Å². The first-order valence-corrected chi connectivity index (χ1v) is 6.38. The first-order valence-electron chi connectivity index (χ1n) is 6.38. The minimum absolute atomic E-state index is 0.0275. The van der Waals surface area contributed by atoms with Crippen molar-refractivity contribution in [2.75, 3.05) is 0 Å². The summed E-state index contributed by atoms with van der Waals surface area (Å²) in [6.45, 7) is 1.63. The molecule has 0 aliphatic carbocycles. The second kappa shape index (κ2) is 5.99. The van der Waals surface area contributed by atoms with Gasteiger partial charge in [-0.05, 0) is 37.1 Å². The van der Waals surface area contributed by atoms with Crippen molar-refractivity contribution in [1.29, 1.82) is 15.8 Å². The van der Waals surface area contributed by atoms with Crippen molar-refractivity contribution in [2.24, 2.45) is 5.73 Å². The lowest BCUT2D eigenvalue weighted by Gasteiger charge is -2.26. The standard InChI is InChI=1S/C16H11FN4O/c1-9(10(6-18)7-19)4-12-13-5-11(17)2-3-15(13)22-16(21)14(12)8-20/h2-3,5,12H,4,21H2,1H3/t12-/m0/s1. The van der Waals surface area contributed by atoms with Gasteiger partial charge in [0, 0.05) is 11.5 Å². The van der Waals surface area contributed by atoms with Gasteiger partial charge in [-0.25, -0.2) is 4.39 Å². The number of rotatable bonds is 2. The molecule has 1 aliphatic rings. The zero-order valence-electron chi connectivity index (χ0n) is 11.7. The SMILES string of the molecule is CC(C[C@@H]1C(C#N)=C(N)Oc2ccc(F)cc21)=C(C#N)C#N. The van der Waals surface area contributed by atoms with Crippen molar-refractivity contribution in [3.63, 3.8) is 0 Å². The van der Waals surface area contributed by atoms with Gasteiger partial charge in [0.1, 0.15) is 35.3 Å². The molecule has 22 heavy (non-hydrogen) atoms. The van der Waals surface area contributed by atoms with Gasteiger partial charge in [-0.1, -0.05) is 0 Å². The van der Waals surface area contributed by atoms with E-state index in [1.165, 1.54) is 18.2 Å². The van der Waals surface area contributed by atoms with E-state index in [-0.39, 0.29) is 23.5 Å². The highest BCUT2D eigenvalue weighted by atomic mass is 19.1. The molecular formula is C16H11FN4O. The third kappa shape index (κ3) is 2.61. The summed E-state index contributed by atoms with van der Waals surface area (Å²) < 4.78 is 18.9. The summed E-state index contributed by atoms with van der Waals surface area (Å²) in [5.41, 5.74) is 6.86. The molecule has 1 aliphatic heterocycles. The smallest absolute Gasteiger partial charge is 0.205 e. The molecule has 0 fully saturated rings. The predicted molar refractivity (Wildman–Crippen MR) is 75.1 cm³/mol. The molecule has 0 aromatic heterocycles. The molecule has 1 aromatic carbocycles. The number of benzene rings is 1. The monoisotopic (exact) mass is 294 g/mol. The number of allylic oxidation sites excluding steroid dienone is 3. The van der Waals surface area contributed by atoms with Crippen molar-refractivity contribution >= 4 is 0 Å². The minimum Gasteiger partial charge on any atom is -0.440 e. The van der Waals surface area contributed by atoms with Crippen LogP contribution in [0.25, 0.3) is 0 Å². The lowest BCUT2D eigenvalue weighted by atomic mass is 9.83. The number of fused-ring (bicyclic) bond motifs is 1. The molecule has 0 amide bonds. The Kier molecular flexibility index (Phi) is 4.11. The number of nitriles is 3. The van der Waals surface area contributed by atoms with Crippen LogP contribution in [0.15, 0.2) is 40.8 Å². The largest absolute Gasteiger partial charge is 0.440 e. The highest BCUT2D eigenvalue weighted by Gasteiger charge is 2.30. The van der Waals surface area contributed by atoms with E-state index >= 15 is 0 Å². The fourth-order valence-electron chi connectivity index (χ4n) is 2.35. The molecule has 1 heterocycles. The van der Waals surface area contributed by atoms with Crippen molar-refractivity contribution in [3.05, 3.63) is 52.2 Å². The fraction of sp³-hybridized carbons (Fsp3) is 0.188. The third-order valence-electron chi connectivity index (χ3n) is 3.46. The third-order valence-corrected chi connectivity index (χ3v) is 3.46. The molecule has 2 rings (SSSR count). The Morgan fingerprint density at radius 2 is 2.00 bits per heavy atom. The number of nitrogens with two attached hydrogens (primary N) is 1. The first-order chi connectivity index (χ1) is 10.5. The average Bonchev–Trinajstić information content (AvgIpc) is 2.49. The van der Waals surface area contributed by atoms with Crippen molar-refractivity contribution in [2.45, 2.75) is 19.3 Å². The molecule has 1 aromatic rings. The van der Waals surface area contributed by atoms with Gasteiger partial charge in [-0.2, -0.15) is 15.8 Å². The van der Waals surface area contributed by atoms with E-state index in [4.69, 9.17) is 21.0 Å². The Morgan fingerprint density at radius 3 is 2.59 bits per heavy atom. The number of nitrogens with zero attached hydrogens (tertiary/aromatic N) is 3. The minimum atomic E-state index is -0.554. The van der Waals surface area contributed by atoms with E-state index < -0.39 is 11.7 Å². The molecular weight excluding hydrogens is 283 g/mol. The predicted octanol–water partition coefficient (Wildman–Crippen LogP) is 2.75. The van der Waals surface area contributed by atoms with E-state index in [1.807, 2.05) is 6.07 Å². The van der Waals surface area contributed by atoms with Crippen LogP contribution in [0, 0.1) is 39.8 Å². The lowest BCUT2D eigenvalue weighted by molar-refractivity contribution is 0.386. The second-order valence-electron chi connectivity index (χ2n) is 4.81. The number of hydrogen-bond acceptors (Lipinski definition) is 5. The maximum Gasteiger partial charge on any atom is 0.205 e. The molecule has 0 unspecified atom stereocenters. The Hall–Kier alpha value is -3.30. The van der Waals surface area contributed by atoms with Gasteiger partial charge in [-0.15, -0.1) is 0 Å². The molecule has 6 heteroatoms. The average molecular weight is 294 g/mol. The van der Waals surface area contributed by atoms with Crippen LogP contribution >= 0.6 is 0 Å². The van der Waals surface area contributed by atoms with Gasteiger partial charge in [0.25, 0.3) is 0 Å².